The van der Waals surface area contributed by atoms with Crippen LogP contribution >= 0.6 is 0 Å². The third-order valence-electron chi connectivity index (χ3n) is 6.23. The Labute approximate surface area is 178 Å². The lowest BCUT2D eigenvalue weighted by Crippen LogP contribution is -2.63. The van der Waals surface area contributed by atoms with Gasteiger partial charge in [0.2, 0.25) is 11.8 Å². The van der Waals surface area contributed by atoms with E-state index in [1.807, 2.05) is 31.2 Å². The number of nitrogens with zero attached hydrogens (tertiary/aromatic N) is 3. The molecule has 8 nitrogen and oxygen atoms in total. The van der Waals surface area contributed by atoms with Crippen molar-refractivity contribution in [2.45, 2.75) is 31.8 Å². The van der Waals surface area contributed by atoms with Gasteiger partial charge in [-0.3, -0.25) is 19.7 Å². The quantitative estimate of drug-likeness (QED) is 0.520. The molecule has 31 heavy (non-hydrogen) atoms. The molecule has 8 heteroatoms. The summed E-state index contributed by atoms with van der Waals surface area (Å²) in [6, 6.07) is 13.0. The van der Waals surface area contributed by atoms with E-state index in [9.17, 15) is 19.7 Å². The molecule has 0 aliphatic carbocycles. The average Bonchev–Trinajstić information content (AvgIpc) is 3.14. The van der Waals surface area contributed by atoms with Gasteiger partial charge >= 0.3 is 0 Å². The minimum absolute atomic E-state index is 0.0319. The van der Waals surface area contributed by atoms with Gasteiger partial charge in [-0.25, -0.2) is 0 Å². The number of benzene rings is 2. The molecule has 0 spiro atoms. The summed E-state index contributed by atoms with van der Waals surface area (Å²) < 4.78 is 0. The van der Waals surface area contributed by atoms with Gasteiger partial charge in [-0.15, -0.1) is 0 Å². The summed E-state index contributed by atoms with van der Waals surface area (Å²) in [6.07, 6.45) is 1.20. The lowest BCUT2D eigenvalue weighted by atomic mass is 9.86. The predicted molar refractivity (Wildman–Crippen MR) is 114 cm³/mol. The lowest BCUT2D eigenvalue weighted by molar-refractivity contribution is -0.384. The van der Waals surface area contributed by atoms with Gasteiger partial charge < -0.3 is 14.8 Å². The molecule has 2 atom stereocenters. The van der Waals surface area contributed by atoms with E-state index in [-0.39, 0.29) is 24.0 Å². The van der Waals surface area contributed by atoms with Crippen molar-refractivity contribution in [2.24, 2.45) is 0 Å². The predicted octanol–water partition coefficient (Wildman–Crippen LogP) is 3.17. The van der Waals surface area contributed by atoms with Crippen LogP contribution in [0.2, 0.25) is 0 Å². The van der Waals surface area contributed by atoms with E-state index < -0.39 is 17.0 Å². The molecule has 2 amide bonds. The van der Waals surface area contributed by atoms with E-state index in [0.29, 0.717) is 18.5 Å². The van der Waals surface area contributed by atoms with Crippen LogP contribution in [0.4, 0.5) is 5.69 Å². The fourth-order valence-corrected chi connectivity index (χ4v) is 4.94. The summed E-state index contributed by atoms with van der Waals surface area (Å²) in [4.78, 5) is 44.2. The Morgan fingerprint density at radius 1 is 1.16 bits per heavy atom. The van der Waals surface area contributed by atoms with Crippen LogP contribution in [0, 0.1) is 10.1 Å². The molecule has 0 radical (unpaired) electrons. The fraction of sp³-hybridized carbons (Fsp3) is 0.304. The van der Waals surface area contributed by atoms with Crippen LogP contribution in [-0.2, 0) is 16.0 Å². The van der Waals surface area contributed by atoms with E-state index >= 15 is 0 Å². The first-order valence-electron chi connectivity index (χ1n) is 10.4. The Morgan fingerprint density at radius 2 is 1.97 bits per heavy atom. The molecule has 1 aromatic heterocycles. The number of rotatable bonds is 4. The van der Waals surface area contributed by atoms with Crippen LogP contribution < -0.4 is 0 Å². The molecule has 2 aromatic carbocycles. The van der Waals surface area contributed by atoms with Crippen LogP contribution in [0.5, 0.6) is 0 Å². The second-order valence-corrected chi connectivity index (χ2v) is 8.10. The molecule has 3 aromatic rings. The third-order valence-corrected chi connectivity index (χ3v) is 6.23. The number of nitro groups is 1. The number of nitro benzene ring substituents is 1. The molecule has 1 saturated heterocycles. The highest BCUT2D eigenvalue weighted by molar-refractivity contribution is 5.97. The number of aromatic nitrogens is 1. The number of carbonyl (C=O) groups excluding carboxylic acids is 2. The molecular weight excluding hydrogens is 396 g/mol. The zero-order chi connectivity index (χ0) is 21.7. The summed E-state index contributed by atoms with van der Waals surface area (Å²) in [7, 11) is 0. The lowest BCUT2D eigenvalue weighted by Gasteiger charge is -2.47. The van der Waals surface area contributed by atoms with Crippen molar-refractivity contribution in [1.82, 2.24) is 14.8 Å². The molecule has 0 unspecified atom stereocenters. The largest absolute Gasteiger partial charge is 0.356 e. The summed E-state index contributed by atoms with van der Waals surface area (Å²) in [5.74, 6) is -0.202. The number of aromatic amines is 1. The third kappa shape index (κ3) is 2.98. The molecule has 2 aliphatic rings. The zero-order valence-electron chi connectivity index (χ0n) is 17.1. The van der Waals surface area contributed by atoms with E-state index in [2.05, 4.69) is 4.98 Å². The highest BCUT2D eigenvalue weighted by Crippen LogP contribution is 2.43. The van der Waals surface area contributed by atoms with E-state index in [1.54, 1.807) is 21.9 Å². The van der Waals surface area contributed by atoms with Crippen molar-refractivity contribution < 1.29 is 14.5 Å². The zero-order valence-corrected chi connectivity index (χ0v) is 17.1. The number of piperazine rings is 1. The van der Waals surface area contributed by atoms with Gasteiger partial charge in [0.05, 0.1) is 17.5 Å². The van der Waals surface area contributed by atoms with Crippen molar-refractivity contribution in [1.29, 1.82) is 0 Å². The number of hydrogen-bond donors (Lipinski definition) is 1. The Balaban J connectivity index is 1.71. The number of fused-ring (bicyclic) bond motifs is 4. The first-order chi connectivity index (χ1) is 15.0. The van der Waals surface area contributed by atoms with E-state index in [1.165, 1.54) is 12.1 Å². The Hall–Kier alpha value is -3.68. The van der Waals surface area contributed by atoms with E-state index in [4.69, 9.17) is 0 Å². The molecule has 158 valence electrons. The Kier molecular flexibility index (Phi) is 4.50. The van der Waals surface area contributed by atoms with Crippen molar-refractivity contribution in [3.05, 3.63) is 75.5 Å². The van der Waals surface area contributed by atoms with Gasteiger partial charge in [0.1, 0.15) is 6.04 Å². The number of amides is 2. The smallest absolute Gasteiger partial charge is 0.269 e. The summed E-state index contributed by atoms with van der Waals surface area (Å²) in [6.45, 7) is 2.55. The van der Waals surface area contributed by atoms with Gasteiger partial charge in [0, 0.05) is 41.7 Å². The van der Waals surface area contributed by atoms with Crippen LogP contribution in [-0.4, -0.2) is 50.7 Å². The van der Waals surface area contributed by atoms with Crippen LogP contribution in [0.1, 0.15) is 36.2 Å². The van der Waals surface area contributed by atoms with Gasteiger partial charge in [-0.05, 0) is 23.6 Å². The minimum atomic E-state index is -0.622. The second-order valence-electron chi connectivity index (χ2n) is 8.10. The van der Waals surface area contributed by atoms with Gasteiger partial charge in [-0.2, -0.15) is 0 Å². The normalized spacial score (nSPS) is 20.7. The number of para-hydroxylation sites is 1. The highest BCUT2D eigenvalue weighted by atomic mass is 16.6. The van der Waals surface area contributed by atoms with Crippen molar-refractivity contribution in [3.63, 3.8) is 0 Å². The maximum absolute atomic E-state index is 13.3. The van der Waals surface area contributed by atoms with Gasteiger partial charge in [0.25, 0.3) is 5.69 Å². The van der Waals surface area contributed by atoms with Gasteiger partial charge in [0.15, 0.2) is 0 Å². The second kappa shape index (κ2) is 7.23. The van der Waals surface area contributed by atoms with Crippen LogP contribution in [0.3, 0.4) is 0 Å². The topological polar surface area (TPSA) is 99.5 Å². The number of H-pyrrole nitrogens is 1. The van der Waals surface area contributed by atoms with E-state index in [0.717, 1.165) is 28.6 Å². The van der Waals surface area contributed by atoms with Crippen molar-refractivity contribution in [2.75, 3.05) is 13.1 Å². The Morgan fingerprint density at radius 3 is 2.74 bits per heavy atom. The maximum atomic E-state index is 13.3. The molecule has 5 rings (SSSR count). The fourth-order valence-electron chi connectivity index (χ4n) is 4.94. The Bertz CT molecular complexity index is 1220. The maximum Gasteiger partial charge on any atom is 0.269 e. The molecule has 1 N–H and O–H groups in total. The number of hydrogen-bond acceptors (Lipinski definition) is 4. The molecule has 0 saturated carbocycles. The van der Waals surface area contributed by atoms with Gasteiger partial charge in [-0.1, -0.05) is 37.3 Å². The number of carbonyl (C=O) groups is 2. The molecule has 3 heterocycles. The highest BCUT2D eigenvalue weighted by Gasteiger charge is 2.48. The van der Waals surface area contributed by atoms with Crippen molar-refractivity contribution in [3.8, 4) is 0 Å². The SMILES string of the molecule is CCCN1CC(=O)N2[C@@H](c3cccc([N+](=O)[O-])c3)c3[nH]c4ccccc4c3C[C@@H]2C1=O. The first-order valence-corrected chi connectivity index (χ1v) is 10.4. The molecule has 2 aliphatic heterocycles. The molecule has 0 bridgehead atoms. The van der Waals surface area contributed by atoms with Crippen molar-refractivity contribution >= 4 is 28.4 Å². The summed E-state index contributed by atoms with van der Waals surface area (Å²) in [5.41, 5.74) is 3.32. The molecule has 1 fully saturated rings. The average molecular weight is 418 g/mol. The van der Waals surface area contributed by atoms with Crippen LogP contribution in [0.15, 0.2) is 48.5 Å². The summed E-state index contributed by atoms with van der Waals surface area (Å²) in [5, 5.41) is 12.4. The van der Waals surface area contributed by atoms with Crippen LogP contribution in [0.25, 0.3) is 10.9 Å². The monoisotopic (exact) mass is 418 g/mol. The number of non-ortho nitro benzene ring substituents is 1. The summed E-state index contributed by atoms with van der Waals surface area (Å²) >= 11 is 0. The molecular formula is C23H22N4O4. The first kappa shape index (κ1) is 19.3. The standard InChI is InChI=1S/C23H22N4O4/c1-2-10-25-13-20(28)26-19(23(25)29)12-17-16-8-3-4-9-18(16)24-21(17)22(26)14-6-5-7-15(11-14)27(30)31/h3-9,11,19,22,24H,2,10,12-13H2,1H3/t19-,22+/m1/s1. The minimum Gasteiger partial charge on any atom is -0.356 e. The number of nitrogens with one attached hydrogen (secondary N) is 1.